The molecule has 0 aromatic heterocycles. The molecule has 3 N–H and O–H groups in total. The van der Waals surface area contributed by atoms with E-state index >= 15 is 0 Å². The third kappa shape index (κ3) is 2.82. The molecule has 0 aromatic carbocycles. The summed E-state index contributed by atoms with van der Waals surface area (Å²) in [5.74, 6) is 2.55. The Hall–Kier alpha value is -0.200. The van der Waals surface area contributed by atoms with Crippen LogP contribution in [-0.4, -0.2) is 68.0 Å². The number of piperidine rings is 2. The number of aliphatic hydroxyl groups is 2. The van der Waals surface area contributed by atoms with Crippen LogP contribution in [0.2, 0.25) is 0 Å². The van der Waals surface area contributed by atoms with Crippen LogP contribution < -0.4 is 4.90 Å². The van der Waals surface area contributed by atoms with Gasteiger partial charge in [-0.15, -0.1) is 0 Å². The van der Waals surface area contributed by atoms with Crippen LogP contribution in [0.3, 0.4) is 0 Å². The fraction of sp³-hybridized carbons (Fsp3) is 1.00. The summed E-state index contributed by atoms with van der Waals surface area (Å²) in [7, 11) is 3.49. The summed E-state index contributed by atoms with van der Waals surface area (Å²) >= 11 is 0. The average Bonchev–Trinajstić information content (AvgIpc) is 2.59. The molecule has 0 amide bonds. The number of nitrogens with one attached hydrogen (secondary N) is 1. The van der Waals surface area contributed by atoms with Gasteiger partial charge in [-0.3, -0.25) is 0 Å². The third-order valence-electron chi connectivity index (χ3n) is 7.83. The zero-order valence-electron chi connectivity index (χ0n) is 15.1. The lowest BCUT2D eigenvalue weighted by Crippen LogP contribution is -3.20. The van der Waals surface area contributed by atoms with E-state index in [1.165, 1.54) is 19.4 Å². The van der Waals surface area contributed by atoms with E-state index in [1.807, 2.05) is 0 Å². The molecule has 0 radical (unpaired) electrons. The Labute approximate surface area is 145 Å². The molecule has 2 saturated carbocycles. The van der Waals surface area contributed by atoms with Gasteiger partial charge in [-0.1, -0.05) is 0 Å². The minimum Gasteiger partial charge on any atom is -0.390 e. The summed E-state index contributed by atoms with van der Waals surface area (Å²) < 4.78 is 11.2. The Balaban J connectivity index is 1.49. The molecule has 2 aliphatic heterocycles. The highest BCUT2D eigenvalue weighted by molar-refractivity contribution is 4.97. The first-order valence-corrected chi connectivity index (χ1v) is 9.88. The van der Waals surface area contributed by atoms with Crippen LogP contribution in [0.1, 0.15) is 38.5 Å². The van der Waals surface area contributed by atoms with Gasteiger partial charge in [0, 0.05) is 32.5 Å². The lowest BCUT2D eigenvalue weighted by atomic mass is 9.62. The predicted octanol–water partition coefficient (Wildman–Crippen LogP) is -0.148. The van der Waals surface area contributed by atoms with Gasteiger partial charge in [0.05, 0.1) is 43.5 Å². The molecule has 0 bridgehead atoms. The summed E-state index contributed by atoms with van der Waals surface area (Å²) in [4.78, 5) is 1.71. The minimum atomic E-state index is -0.298. The van der Waals surface area contributed by atoms with E-state index in [9.17, 15) is 10.2 Å². The van der Waals surface area contributed by atoms with Gasteiger partial charge in [-0.2, -0.15) is 0 Å². The number of hydrogen-bond donors (Lipinski definition) is 3. The monoisotopic (exact) mass is 340 g/mol. The Bertz CT molecular complexity index is 447. The molecule has 24 heavy (non-hydrogen) atoms. The molecule has 2 aliphatic carbocycles. The van der Waals surface area contributed by atoms with Gasteiger partial charge in [0.15, 0.2) is 0 Å². The van der Waals surface area contributed by atoms with E-state index in [0.717, 1.165) is 38.1 Å². The second-order valence-corrected chi connectivity index (χ2v) is 8.75. The first-order chi connectivity index (χ1) is 11.6. The van der Waals surface area contributed by atoms with Crippen molar-refractivity contribution in [2.24, 2.45) is 23.7 Å². The van der Waals surface area contributed by atoms with Crippen LogP contribution in [-0.2, 0) is 9.47 Å². The molecular weight excluding hydrogens is 306 g/mol. The number of rotatable bonds is 2. The SMILES string of the molecule is COC1CC2CC[NH+]3CC4C(CCC(O)C4OC)CC3C2CC1O. The zero-order valence-corrected chi connectivity index (χ0v) is 15.1. The quantitative estimate of drug-likeness (QED) is 0.654. The van der Waals surface area contributed by atoms with Crippen LogP contribution in [0.15, 0.2) is 0 Å². The predicted molar refractivity (Wildman–Crippen MR) is 89.8 cm³/mol. The van der Waals surface area contributed by atoms with E-state index < -0.39 is 0 Å². The van der Waals surface area contributed by atoms with Crippen LogP contribution in [0.25, 0.3) is 0 Å². The van der Waals surface area contributed by atoms with Crippen molar-refractivity contribution in [1.82, 2.24) is 0 Å². The second-order valence-electron chi connectivity index (χ2n) is 8.75. The smallest absolute Gasteiger partial charge is 0.0914 e. The molecular formula is C19H34NO4+. The van der Waals surface area contributed by atoms with Crippen molar-refractivity contribution in [1.29, 1.82) is 0 Å². The molecule has 5 heteroatoms. The Morgan fingerprint density at radius 2 is 1.62 bits per heavy atom. The fourth-order valence-electron chi connectivity index (χ4n) is 6.64. The number of methoxy groups -OCH3 is 2. The average molecular weight is 340 g/mol. The largest absolute Gasteiger partial charge is 0.390 e. The standard InChI is InChI=1S/C19H33NO4/c1-23-18-8-12-5-6-20-10-14-11(3-4-16(21)19(14)24-2)7-15(20)13(12)9-17(18)22/h11-19,21-22H,3-10H2,1-2H3/p+1. The molecule has 0 spiro atoms. The van der Waals surface area contributed by atoms with Gasteiger partial charge >= 0.3 is 0 Å². The van der Waals surface area contributed by atoms with E-state index in [2.05, 4.69) is 0 Å². The molecule has 10 unspecified atom stereocenters. The first kappa shape index (κ1) is 17.2. The van der Waals surface area contributed by atoms with Crippen LogP contribution in [0.4, 0.5) is 0 Å². The maximum absolute atomic E-state index is 10.5. The first-order valence-electron chi connectivity index (χ1n) is 9.88. The zero-order chi connectivity index (χ0) is 16.8. The number of hydrogen-bond acceptors (Lipinski definition) is 4. The highest BCUT2D eigenvalue weighted by Crippen LogP contribution is 2.43. The van der Waals surface area contributed by atoms with Gasteiger partial charge in [-0.25, -0.2) is 0 Å². The molecule has 5 nitrogen and oxygen atoms in total. The minimum absolute atomic E-state index is 0.0183. The molecule has 4 fully saturated rings. The van der Waals surface area contributed by atoms with Crippen molar-refractivity contribution in [3.63, 3.8) is 0 Å². The van der Waals surface area contributed by atoms with Crippen LogP contribution >= 0.6 is 0 Å². The Kier molecular flexibility index (Phi) is 4.91. The molecule has 4 rings (SSSR count). The molecule has 0 aromatic rings. The maximum Gasteiger partial charge on any atom is 0.0914 e. The van der Waals surface area contributed by atoms with Crippen LogP contribution in [0, 0.1) is 23.7 Å². The fourth-order valence-corrected chi connectivity index (χ4v) is 6.64. The van der Waals surface area contributed by atoms with Crippen molar-refractivity contribution in [2.45, 2.75) is 69.0 Å². The number of quaternary nitrogens is 1. The van der Waals surface area contributed by atoms with E-state index in [4.69, 9.17) is 9.47 Å². The van der Waals surface area contributed by atoms with Crippen molar-refractivity contribution < 1.29 is 24.6 Å². The summed E-state index contributed by atoms with van der Waals surface area (Å²) in [6.45, 7) is 2.37. The number of fused-ring (bicyclic) bond motifs is 4. The summed E-state index contributed by atoms with van der Waals surface area (Å²) in [5.41, 5.74) is 0. The maximum atomic E-state index is 10.5. The van der Waals surface area contributed by atoms with Gasteiger partial charge < -0.3 is 24.6 Å². The van der Waals surface area contributed by atoms with Gasteiger partial charge in [0.2, 0.25) is 0 Å². The van der Waals surface area contributed by atoms with Crippen molar-refractivity contribution >= 4 is 0 Å². The summed E-state index contributed by atoms with van der Waals surface area (Å²) in [6.07, 6.45) is 5.91. The van der Waals surface area contributed by atoms with Crippen LogP contribution in [0.5, 0.6) is 0 Å². The Morgan fingerprint density at radius 1 is 0.833 bits per heavy atom. The topological polar surface area (TPSA) is 63.4 Å². The van der Waals surface area contributed by atoms with E-state index in [0.29, 0.717) is 23.8 Å². The van der Waals surface area contributed by atoms with Crippen molar-refractivity contribution in [3.8, 4) is 0 Å². The van der Waals surface area contributed by atoms with Crippen molar-refractivity contribution in [3.05, 3.63) is 0 Å². The highest BCUT2D eigenvalue weighted by atomic mass is 16.5. The van der Waals surface area contributed by atoms with E-state index in [-0.39, 0.29) is 24.4 Å². The van der Waals surface area contributed by atoms with Gasteiger partial charge in [-0.05, 0) is 43.9 Å². The highest BCUT2D eigenvalue weighted by Gasteiger charge is 2.53. The lowest BCUT2D eigenvalue weighted by Gasteiger charge is -2.54. The normalized spacial score (nSPS) is 54.5. The molecule has 138 valence electrons. The van der Waals surface area contributed by atoms with Gasteiger partial charge in [0.25, 0.3) is 0 Å². The molecule has 2 heterocycles. The summed E-state index contributed by atoms with van der Waals surface area (Å²) in [6, 6.07) is 0.685. The number of ether oxygens (including phenoxy) is 2. The third-order valence-corrected chi connectivity index (χ3v) is 7.83. The Morgan fingerprint density at radius 3 is 2.38 bits per heavy atom. The molecule has 10 atom stereocenters. The van der Waals surface area contributed by atoms with E-state index in [1.54, 1.807) is 19.1 Å². The van der Waals surface area contributed by atoms with Crippen molar-refractivity contribution in [2.75, 3.05) is 27.3 Å². The van der Waals surface area contributed by atoms with Gasteiger partial charge in [0.1, 0.15) is 0 Å². The number of aliphatic hydroxyl groups excluding tert-OH is 2. The molecule has 2 saturated heterocycles. The molecule has 4 aliphatic rings. The summed E-state index contributed by atoms with van der Waals surface area (Å²) in [5, 5.41) is 20.8. The lowest BCUT2D eigenvalue weighted by molar-refractivity contribution is -0.948. The second kappa shape index (κ2) is 6.84.